The van der Waals surface area contributed by atoms with Crippen molar-refractivity contribution in [2.75, 3.05) is 0 Å². The number of hydrogen-bond acceptors (Lipinski definition) is 2. The molecule has 0 bridgehead atoms. The van der Waals surface area contributed by atoms with Crippen molar-refractivity contribution in [1.82, 2.24) is 19.1 Å². The summed E-state index contributed by atoms with van der Waals surface area (Å²) < 4.78 is 4.67. The smallest absolute Gasteiger partial charge is 0.235 e. The minimum Gasteiger partial charge on any atom is -0.309 e. The van der Waals surface area contributed by atoms with Crippen molar-refractivity contribution in [3.63, 3.8) is 0 Å². The topological polar surface area (TPSA) is 35.6 Å². The molecule has 0 aliphatic carbocycles. The maximum Gasteiger partial charge on any atom is 0.235 e. The molecule has 0 radical (unpaired) electrons. The lowest BCUT2D eigenvalue weighted by molar-refractivity contribution is 0.996. The van der Waals surface area contributed by atoms with Gasteiger partial charge in [-0.1, -0.05) is 170 Å². The normalized spacial score (nSPS) is 11.8. The van der Waals surface area contributed by atoms with Crippen LogP contribution in [0, 0.1) is 0 Å². The average Bonchev–Trinajstić information content (AvgIpc) is 3.90. The van der Waals surface area contributed by atoms with Crippen molar-refractivity contribution in [2.45, 2.75) is 0 Å². The van der Waals surface area contributed by atoms with E-state index in [1.54, 1.807) is 0 Å². The Morgan fingerprint density at radius 2 is 0.719 bits per heavy atom. The van der Waals surface area contributed by atoms with Crippen LogP contribution < -0.4 is 0 Å². The first-order valence-corrected chi connectivity index (χ1v) is 21.8. The predicted molar refractivity (Wildman–Crippen MR) is 267 cm³/mol. The molecule has 0 amide bonds. The lowest BCUT2D eigenvalue weighted by atomic mass is 9.98. The SMILES string of the molecule is c1ccc(-c2cccc(-c3cc(-c4ccccc4)nc(-n4c5ccc(-c6ccc7c(c6)c6c8ccccc8ccc6n7-c6ccccc6)cc5c5c6ccccc6ccc54)n3)c2)cc1. The Morgan fingerprint density at radius 1 is 0.266 bits per heavy atom. The molecule has 13 rings (SSSR count). The summed E-state index contributed by atoms with van der Waals surface area (Å²) in [5.74, 6) is 0.631. The summed E-state index contributed by atoms with van der Waals surface area (Å²) in [4.78, 5) is 10.8. The predicted octanol–water partition coefficient (Wildman–Crippen LogP) is 15.6. The van der Waals surface area contributed by atoms with Gasteiger partial charge >= 0.3 is 0 Å². The Hall–Kier alpha value is -8.60. The molecule has 4 nitrogen and oxygen atoms in total. The summed E-state index contributed by atoms with van der Waals surface area (Å²) in [6.07, 6.45) is 0. The van der Waals surface area contributed by atoms with Crippen molar-refractivity contribution >= 4 is 65.2 Å². The first kappa shape index (κ1) is 36.1. The van der Waals surface area contributed by atoms with Crippen LogP contribution in [0.3, 0.4) is 0 Å². The quantitative estimate of drug-likeness (QED) is 0.168. The second kappa shape index (κ2) is 14.5. The summed E-state index contributed by atoms with van der Waals surface area (Å²) in [7, 11) is 0. The van der Waals surface area contributed by atoms with Crippen molar-refractivity contribution in [3.8, 4) is 56.4 Å². The molecule has 0 atom stereocenters. The molecular formula is C60H38N4. The molecule has 0 saturated carbocycles. The molecule has 298 valence electrons. The molecule has 0 aliphatic rings. The maximum atomic E-state index is 5.43. The molecule has 3 aromatic heterocycles. The van der Waals surface area contributed by atoms with Gasteiger partial charge in [-0.15, -0.1) is 0 Å². The van der Waals surface area contributed by atoms with Gasteiger partial charge in [0.2, 0.25) is 5.95 Å². The van der Waals surface area contributed by atoms with Crippen LogP contribution in [0.1, 0.15) is 0 Å². The molecule has 10 aromatic carbocycles. The average molecular weight is 815 g/mol. The number of para-hydroxylation sites is 1. The van der Waals surface area contributed by atoms with Crippen LogP contribution in [0.25, 0.3) is 122 Å². The van der Waals surface area contributed by atoms with Gasteiger partial charge in [-0.2, -0.15) is 0 Å². The lowest BCUT2D eigenvalue weighted by Gasteiger charge is -2.13. The lowest BCUT2D eigenvalue weighted by Crippen LogP contribution is -2.04. The number of nitrogens with zero attached hydrogens (tertiary/aromatic N) is 4. The second-order valence-corrected chi connectivity index (χ2v) is 16.6. The fraction of sp³-hybridized carbons (Fsp3) is 0. The molecule has 0 unspecified atom stereocenters. The van der Waals surface area contributed by atoms with E-state index in [-0.39, 0.29) is 0 Å². The fourth-order valence-corrected chi connectivity index (χ4v) is 9.94. The first-order chi connectivity index (χ1) is 31.7. The van der Waals surface area contributed by atoms with Gasteiger partial charge in [0.05, 0.1) is 33.5 Å². The highest BCUT2D eigenvalue weighted by Gasteiger charge is 2.21. The molecule has 0 N–H and O–H groups in total. The van der Waals surface area contributed by atoms with E-state index in [0.29, 0.717) is 5.95 Å². The van der Waals surface area contributed by atoms with Crippen molar-refractivity contribution < 1.29 is 0 Å². The van der Waals surface area contributed by atoms with Crippen LogP contribution >= 0.6 is 0 Å². The van der Waals surface area contributed by atoms with Crippen LogP contribution in [-0.4, -0.2) is 19.1 Å². The standard InChI is InChI=1S/C60H38N4/c1-4-15-39(16-5-1)43-21-14-22-46(35-43)53-38-52(42-19-6-2-7-20-42)61-60(62-53)64-55-32-30-45(37-51(55)59-49-26-13-11-18-41(49)28-34-57(59)64)44-29-31-54-50(36-44)58-48-25-12-10-17-40(48)27-33-56(58)63(54)47-23-8-3-9-24-47/h1-38H. The van der Waals surface area contributed by atoms with E-state index in [1.165, 1.54) is 59.9 Å². The molecule has 0 spiro atoms. The Balaban J connectivity index is 1.05. The maximum absolute atomic E-state index is 5.43. The van der Waals surface area contributed by atoms with Crippen LogP contribution in [0.5, 0.6) is 0 Å². The summed E-state index contributed by atoms with van der Waals surface area (Å²) >= 11 is 0. The van der Waals surface area contributed by atoms with Crippen LogP contribution in [0.4, 0.5) is 0 Å². The van der Waals surface area contributed by atoms with Gasteiger partial charge in [0.15, 0.2) is 0 Å². The van der Waals surface area contributed by atoms with Crippen molar-refractivity contribution in [1.29, 1.82) is 0 Å². The number of hydrogen-bond donors (Lipinski definition) is 0. The van der Waals surface area contributed by atoms with E-state index in [0.717, 1.165) is 55.7 Å². The number of fused-ring (bicyclic) bond motifs is 10. The molecular weight excluding hydrogens is 777 g/mol. The first-order valence-electron chi connectivity index (χ1n) is 21.8. The largest absolute Gasteiger partial charge is 0.309 e. The highest BCUT2D eigenvalue weighted by Crippen LogP contribution is 2.42. The summed E-state index contributed by atoms with van der Waals surface area (Å²) in [6.45, 7) is 0. The van der Waals surface area contributed by atoms with E-state index in [4.69, 9.17) is 9.97 Å². The summed E-state index contributed by atoms with van der Waals surface area (Å²) in [5, 5.41) is 9.72. The molecule has 3 heterocycles. The van der Waals surface area contributed by atoms with Crippen LogP contribution in [-0.2, 0) is 0 Å². The number of rotatable bonds is 6. The van der Waals surface area contributed by atoms with E-state index in [2.05, 4.69) is 234 Å². The van der Waals surface area contributed by atoms with Gasteiger partial charge in [-0.25, -0.2) is 9.97 Å². The van der Waals surface area contributed by atoms with Gasteiger partial charge in [-0.3, -0.25) is 4.57 Å². The third-order valence-electron chi connectivity index (χ3n) is 12.9. The van der Waals surface area contributed by atoms with Crippen molar-refractivity contribution in [2.24, 2.45) is 0 Å². The fourth-order valence-electron chi connectivity index (χ4n) is 9.94. The van der Waals surface area contributed by atoms with Gasteiger partial charge in [-0.05, 0) is 104 Å². The highest BCUT2D eigenvalue weighted by atomic mass is 15.2. The van der Waals surface area contributed by atoms with Gasteiger partial charge in [0.25, 0.3) is 0 Å². The molecule has 13 aromatic rings. The van der Waals surface area contributed by atoms with E-state index >= 15 is 0 Å². The molecule has 0 fully saturated rings. The zero-order chi connectivity index (χ0) is 42.1. The van der Waals surface area contributed by atoms with E-state index in [1.807, 2.05) is 6.07 Å². The van der Waals surface area contributed by atoms with Gasteiger partial charge < -0.3 is 4.57 Å². The van der Waals surface area contributed by atoms with Gasteiger partial charge in [0, 0.05) is 38.4 Å². The Kier molecular flexibility index (Phi) is 8.18. The van der Waals surface area contributed by atoms with Crippen LogP contribution in [0.15, 0.2) is 231 Å². The van der Waals surface area contributed by atoms with Crippen LogP contribution in [0.2, 0.25) is 0 Å². The monoisotopic (exact) mass is 814 g/mol. The molecule has 0 saturated heterocycles. The van der Waals surface area contributed by atoms with E-state index in [9.17, 15) is 0 Å². The third kappa shape index (κ3) is 5.77. The minimum absolute atomic E-state index is 0.631. The number of aromatic nitrogens is 4. The molecule has 4 heteroatoms. The zero-order valence-corrected chi connectivity index (χ0v) is 34.7. The summed E-state index contributed by atoms with van der Waals surface area (Å²) in [6, 6.07) is 82.7. The number of benzene rings is 10. The van der Waals surface area contributed by atoms with E-state index < -0.39 is 0 Å². The van der Waals surface area contributed by atoms with Crippen molar-refractivity contribution in [3.05, 3.63) is 231 Å². The third-order valence-corrected chi connectivity index (χ3v) is 12.9. The molecule has 64 heavy (non-hydrogen) atoms. The Labute approximate surface area is 369 Å². The Bertz CT molecular complexity index is 3940. The van der Waals surface area contributed by atoms with Gasteiger partial charge in [0.1, 0.15) is 0 Å². The second-order valence-electron chi connectivity index (χ2n) is 16.6. The molecule has 0 aliphatic heterocycles. The Morgan fingerprint density at radius 3 is 1.34 bits per heavy atom. The zero-order valence-electron chi connectivity index (χ0n) is 34.7. The summed E-state index contributed by atoms with van der Waals surface area (Å²) in [5.41, 5.74) is 14.1. The minimum atomic E-state index is 0.631. The highest BCUT2D eigenvalue weighted by molar-refractivity contribution is 6.23.